The number of hydrogen-bond donors (Lipinski definition) is 0. The van der Waals surface area contributed by atoms with Crippen LogP contribution >= 0.6 is 0 Å². The van der Waals surface area contributed by atoms with E-state index >= 15 is 0 Å². The van der Waals surface area contributed by atoms with Crippen LogP contribution in [0.4, 0.5) is 10.2 Å². The molecule has 0 aliphatic carbocycles. The number of hydrogen-bond acceptors (Lipinski definition) is 4. The number of benzene rings is 2. The molecule has 0 aliphatic heterocycles. The fourth-order valence-corrected chi connectivity index (χ4v) is 2.76. The Morgan fingerprint density at radius 2 is 1.73 bits per heavy atom. The normalized spacial score (nSPS) is 10.6. The molecule has 0 atom stereocenters. The molecule has 3 rings (SSSR count). The molecule has 0 N–H and O–H groups in total. The van der Waals surface area contributed by atoms with E-state index in [2.05, 4.69) is 11.7 Å². The van der Waals surface area contributed by atoms with Gasteiger partial charge in [0.25, 0.3) is 0 Å². The highest BCUT2D eigenvalue weighted by atomic mass is 19.1. The van der Waals surface area contributed by atoms with Crippen molar-refractivity contribution in [3.05, 3.63) is 67.0 Å². The predicted octanol–water partition coefficient (Wildman–Crippen LogP) is 4.43. The first-order valence-corrected chi connectivity index (χ1v) is 8.03. The maximum Gasteiger partial charge on any atom is 0.208 e. The van der Waals surface area contributed by atoms with E-state index in [1.54, 1.807) is 25.2 Å². The van der Waals surface area contributed by atoms with Crippen molar-refractivity contribution in [2.24, 2.45) is 0 Å². The lowest BCUT2D eigenvalue weighted by Crippen LogP contribution is -2.20. The second kappa shape index (κ2) is 7.41. The van der Waals surface area contributed by atoms with Crippen molar-refractivity contribution >= 4 is 11.7 Å². The minimum atomic E-state index is -0.349. The minimum absolute atomic E-state index is 0.295. The van der Waals surface area contributed by atoms with Crippen molar-refractivity contribution in [2.45, 2.75) is 0 Å². The number of nitrogens with zero attached hydrogens (tertiary/aromatic N) is 3. The van der Waals surface area contributed by atoms with Gasteiger partial charge in [0.05, 0.1) is 19.8 Å². The molecule has 0 unspecified atom stereocenters. The lowest BCUT2D eigenvalue weighted by Gasteiger charge is -2.20. The Morgan fingerprint density at radius 3 is 2.35 bits per heavy atom. The van der Waals surface area contributed by atoms with Gasteiger partial charge < -0.3 is 4.74 Å². The molecular weight excluding hydrogens is 333 g/mol. The van der Waals surface area contributed by atoms with Crippen LogP contribution < -0.4 is 5.06 Å². The SMILES string of the molecule is C=C(OC)n1nc(-c2ccccc2)c(-c2ccccc2F)c1N(C)OC. The van der Waals surface area contributed by atoms with Crippen molar-refractivity contribution in [1.29, 1.82) is 0 Å². The lowest BCUT2D eigenvalue weighted by molar-refractivity contribution is 0.180. The third-order valence-electron chi connectivity index (χ3n) is 4.10. The predicted molar refractivity (Wildman–Crippen MR) is 101 cm³/mol. The van der Waals surface area contributed by atoms with Gasteiger partial charge in [-0.15, -0.1) is 0 Å². The minimum Gasteiger partial charge on any atom is -0.481 e. The number of methoxy groups -OCH3 is 1. The number of rotatable bonds is 6. The zero-order valence-electron chi connectivity index (χ0n) is 14.9. The summed E-state index contributed by atoms with van der Waals surface area (Å²) in [6.45, 7) is 3.89. The van der Waals surface area contributed by atoms with E-state index in [4.69, 9.17) is 9.57 Å². The maximum atomic E-state index is 14.7. The van der Waals surface area contributed by atoms with Crippen molar-refractivity contribution < 1.29 is 14.0 Å². The number of aromatic nitrogens is 2. The van der Waals surface area contributed by atoms with Crippen LogP contribution in [-0.2, 0) is 9.57 Å². The van der Waals surface area contributed by atoms with Crippen LogP contribution in [0.5, 0.6) is 0 Å². The van der Waals surface area contributed by atoms with Crippen LogP contribution in [0.3, 0.4) is 0 Å². The van der Waals surface area contributed by atoms with Crippen LogP contribution in [0, 0.1) is 5.82 Å². The van der Waals surface area contributed by atoms with E-state index in [9.17, 15) is 4.39 Å². The summed E-state index contributed by atoms with van der Waals surface area (Å²) in [4.78, 5) is 5.38. The molecule has 0 fully saturated rings. The third kappa shape index (κ3) is 3.07. The Balaban J connectivity index is 2.39. The summed E-state index contributed by atoms with van der Waals surface area (Å²) in [5, 5.41) is 6.15. The molecule has 0 aliphatic rings. The highest BCUT2D eigenvalue weighted by Crippen LogP contribution is 2.41. The summed E-state index contributed by atoms with van der Waals surface area (Å²) in [6, 6.07) is 16.1. The summed E-state index contributed by atoms with van der Waals surface area (Å²) in [5.41, 5.74) is 2.46. The van der Waals surface area contributed by atoms with Crippen LogP contribution in [0.2, 0.25) is 0 Å². The molecule has 6 heteroatoms. The average molecular weight is 353 g/mol. The quantitative estimate of drug-likeness (QED) is 0.485. The number of anilines is 1. The molecule has 1 heterocycles. The first-order valence-electron chi connectivity index (χ1n) is 8.03. The van der Waals surface area contributed by atoms with Gasteiger partial charge in [0, 0.05) is 18.2 Å². The first kappa shape index (κ1) is 17.7. The highest BCUT2D eigenvalue weighted by molar-refractivity contribution is 5.90. The summed E-state index contributed by atoms with van der Waals surface area (Å²) < 4.78 is 21.4. The van der Waals surface area contributed by atoms with Gasteiger partial charge in [-0.25, -0.2) is 9.45 Å². The molecule has 3 aromatic rings. The zero-order chi connectivity index (χ0) is 18.7. The maximum absolute atomic E-state index is 14.7. The fraction of sp³-hybridized carbons (Fsp3) is 0.150. The van der Waals surface area contributed by atoms with Gasteiger partial charge in [0.15, 0.2) is 5.82 Å². The monoisotopic (exact) mass is 353 g/mol. The largest absolute Gasteiger partial charge is 0.481 e. The Morgan fingerprint density at radius 1 is 1.08 bits per heavy atom. The molecular formula is C20H20FN3O2. The molecule has 134 valence electrons. The molecule has 5 nitrogen and oxygen atoms in total. The highest BCUT2D eigenvalue weighted by Gasteiger charge is 2.26. The van der Waals surface area contributed by atoms with Crippen LogP contribution in [0.1, 0.15) is 0 Å². The van der Waals surface area contributed by atoms with E-state index < -0.39 is 0 Å². The molecule has 0 amide bonds. The topological polar surface area (TPSA) is 39.5 Å². The van der Waals surface area contributed by atoms with Crippen molar-refractivity contribution in [1.82, 2.24) is 9.78 Å². The molecule has 1 aromatic heterocycles. The van der Waals surface area contributed by atoms with E-state index in [-0.39, 0.29) is 5.82 Å². The van der Waals surface area contributed by atoms with Gasteiger partial charge >= 0.3 is 0 Å². The number of halogens is 1. The second-order valence-electron chi connectivity index (χ2n) is 5.58. The summed E-state index contributed by atoms with van der Waals surface area (Å²) >= 11 is 0. The summed E-state index contributed by atoms with van der Waals surface area (Å²) in [5.74, 6) is 0.463. The van der Waals surface area contributed by atoms with Gasteiger partial charge in [0.2, 0.25) is 5.88 Å². The molecule has 0 radical (unpaired) electrons. The van der Waals surface area contributed by atoms with Crippen molar-refractivity contribution in [3.63, 3.8) is 0 Å². The standard InChI is InChI=1S/C20H20FN3O2/c1-14(25-3)24-20(23(2)26-4)18(16-12-8-9-13-17(16)21)19(22-24)15-10-6-5-7-11-15/h5-13H,1H2,2-4H3. The lowest BCUT2D eigenvalue weighted by atomic mass is 10.0. The molecule has 0 bridgehead atoms. The van der Waals surface area contributed by atoms with E-state index in [0.29, 0.717) is 28.5 Å². The van der Waals surface area contributed by atoms with Gasteiger partial charge in [-0.05, 0) is 12.6 Å². The Hall–Kier alpha value is -3.12. The second-order valence-corrected chi connectivity index (χ2v) is 5.58. The van der Waals surface area contributed by atoms with Crippen LogP contribution in [0.15, 0.2) is 61.2 Å². The third-order valence-corrected chi connectivity index (χ3v) is 4.10. The van der Waals surface area contributed by atoms with Crippen molar-refractivity contribution in [2.75, 3.05) is 26.3 Å². The number of hydroxylamine groups is 1. The Bertz CT molecular complexity index is 922. The van der Waals surface area contributed by atoms with Gasteiger partial charge in [0.1, 0.15) is 11.5 Å². The van der Waals surface area contributed by atoms with Crippen molar-refractivity contribution in [3.8, 4) is 22.4 Å². The summed E-state index contributed by atoms with van der Waals surface area (Å²) in [7, 11) is 4.75. The van der Waals surface area contributed by atoms with E-state index in [1.807, 2.05) is 30.3 Å². The van der Waals surface area contributed by atoms with E-state index in [0.717, 1.165) is 5.56 Å². The first-order chi connectivity index (χ1) is 12.6. The Kier molecular flexibility index (Phi) is 5.04. The molecule has 0 spiro atoms. The fourth-order valence-electron chi connectivity index (χ4n) is 2.76. The molecule has 2 aromatic carbocycles. The van der Waals surface area contributed by atoms with Gasteiger partial charge in [-0.1, -0.05) is 48.5 Å². The van der Waals surface area contributed by atoms with Crippen LogP contribution in [-0.4, -0.2) is 31.0 Å². The smallest absolute Gasteiger partial charge is 0.208 e. The summed E-state index contributed by atoms with van der Waals surface area (Å²) in [6.07, 6.45) is 0. The Labute approximate surface area is 151 Å². The molecule has 0 saturated heterocycles. The zero-order valence-corrected chi connectivity index (χ0v) is 14.9. The molecule has 0 saturated carbocycles. The average Bonchev–Trinajstić information content (AvgIpc) is 3.08. The number of ether oxygens (including phenoxy) is 1. The van der Waals surface area contributed by atoms with Gasteiger partial charge in [-0.2, -0.15) is 9.78 Å². The molecule has 26 heavy (non-hydrogen) atoms. The van der Waals surface area contributed by atoms with E-state index in [1.165, 1.54) is 30.0 Å². The van der Waals surface area contributed by atoms with Gasteiger partial charge in [-0.3, -0.25) is 4.84 Å². The van der Waals surface area contributed by atoms with Crippen LogP contribution in [0.25, 0.3) is 28.3 Å².